The van der Waals surface area contributed by atoms with Crippen LogP contribution in [0.3, 0.4) is 0 Å². The van der Waals surface area contributed by atoms with Gasteiger partial charge in [0.1, 0.15) is 23.1 Å². The summed E-state index contributed by atoms with van der Waals surface area (Å²) in [6, 6.07) is 19.3. The number of allylic oxidation sites excluding steroid dienone is 2. The number of aromatic nitrogens is 2. The molecule has 0 spiro atoms. The number of hydrazine groups is 1. The van der Waals surface area contributed by atoms with Gasteiger partial charge in [-0.1, -0.05) is 12.1 Å². The number of aromatic hydroxyl groups is 2. The molecular weight excluding hydrogens is 458 g/mol. The van der Waals surface area contributed by atoms with Crippen LogP contribution in [-0.2, 0) is 0 Å². The molecule has 0 saturated carbocycles. The van der Waals surface area contributed by atoms with Crippen LogP contribution in [-0.4, -0.2) is 31.7 Å². The fourth-order valence-electron chi connectivity index (χ4n) is 4.07. The van der Waals surface area contributed by atoms with Gasteiger partial charge in [-0.2, -0.15) is 0 Å². The summed E-state index contributed by atoms with van der Waals surface area (Å²) in [6.07, 6.45) is 8.71. The van der Waals surface area contributed by atoms with Crippen molar-refractivity contribution in [3.05, 3.63) is 130 Å². The molecule has 1 aliphatic rings. The molecule has 180 valence electrons. The summed E-state index contributed by atoms with van der Waals surface area (Å²) < 4.78 is 0. The molecule has 0 radical (unpaired) electrons. The Morgan fingerprint density at radius 1 is 0.750 bits per heavy atom. The Balaban J connectivity index is 1.59. The van der Waals surface area contributed by atoms with Crippen molar-refractivity contribution in [3.8, 4) is 11.5 Å². The third-order valence-corrected chi connectivity index (χ3v) is 5.56. The van der Waals surface area contributed by atoms with Crippen molar-refractivity contribution in [2.24, 2.45) is 0 Å². The van der Waals surface area contributed by atoms with Gasteiger partial charge < -0.3 is 20.2 Å². The van der Waals surface area contributed by atoms with Crippen LogP contribution < -0.4 is 20.8 Å². The van der Waals surface area contributed by atoms with Gasteiger partial charge in [-0.05, 0) is 36.4 Å². The number of phenols is 2. The summed E-state index contributed by atoms with van der Waals surface area (Å²) in [7, 11) is 0. The van der Waals surface area contributed by atoms with Crippen LogP contribution in [0.15, 0.2) is 119 Å². The van der Waals surface area contributed by atoms with Gasteiger partial charge in [0, 0.05) is 60.7 Å². The van der Waals surface area contributed by atoms with Crippen LogP contribution in [0.1, 0.15) is 0 Å². The van der Waals surface area contributed by atoms with E-state index in [1.165, 1.54) is 24.3 Å². The molecular formula is C27H23N5O4. The summed E-state index contributed by atoms with van der Waals surface area (Å²) in [5, 5.41) is 23.9. The lowest BCUT2D eigenvalue weighted by Gasteiger charge is -2.39. The lowest BCUT2D eigenvalue weighted by Crippen LogP contribution is -2.41. The number of anilines is 4. The maximum absolute atomic E-state index is 12.2. The molecule has 0 aliphatic carbocycles. The van der Waals surface area contributed by atoms with Gasteiger partial charge in [-0.15, -0.1) is 0 Å². The molecule has 0 saturated heterocycles. The SMILES string of the molecule is O=c1cc[nH]c(N(C2=CC=CN(N(c3cccc(O)c3)c3cc(=O)cc[nH]3)C2)c2cccc(O)c2)c1. The second kappa shape index (κ2) is 9.59. The van der Waals surface area contributed by atoms with E-state index in [4.69, 9.17) is 0 Å². The molecule has 9 nitrogen and oxygen atoms in total. The van der Waals surface area contributed by atoms with Gasteiger partial charge in [0.05, 0.1) is 17.9 Å². The average Bonchev–Trinajstić information content (AvgIpc) is 2.85. The number of aromatic amines is 2. The molecule has 3 heterocycles. The minimum atomic E-state index is -0.172. The number of pyridine rings is 2. The van der Waals surface area contributed by atoms with Crippen LogP contribution in [0, 0.1) is 0 Å². The predicted octanol–water partition coefficient (Wildman–Crippen LogP) is 4.08. The first kappa shape index (κ1) is 22.6. The number of nitrogens with zero attached hydrogens (tertiary/aromatic N) is 3. The van der Waals surface area contributed by atoms with Gasteiger partial charge in [-0.3, -0.25) is 19.5 Å². The highest BCUT2D eigenvalue weighted by Crippen LogP contribution is 2.34. The molecule has 2 aromatic heterocycles. The Morgan fingerprint density at radius 3 is 2.03 bits per heavy atom. The maximum Gasteiger partial charge on any atom is 0.183 e. The van der Waals surface area contributed by atoms with E-state index < -0.39 is 0 Å². The molecule has 36 heavy (non-hydrogen) atoms. The van der Waals surface area contributed by atoms with Crippen molar-refractivity contribution in [3.63, 3.8) is 0 Å². The molecule has 0 amide bonds. The first-order chi connectivity index (χ1) is 17.5. The smallest absolute Gasteiger partial charge is 0.183 e. The third kappa shape index (κ3) is 4.71. The molecule has 1 aliphatic heterocycles. The Bertz CT molecular complexity index is 1570. The lowest BCUT2D eigenvalue weighted by molar-refractivity contribution is 0.403. The van der Waals surface area contributed by atoms with Crippen molar-refractivity contribution in [1.82, 2.24) is 15.0 Å². The van der Waals surface area contributed by atoms with Gasteiger partial charge in [-0.25, -0.2) is 5.01 Å². The monoisotopic (exact) mass is 481 g/mol. The van der Waals surface area contributed by atoms with Crippen molar-refractivity contribution in [2.45, 2.75) is 0 Å². The molecule has 0 bridgehead atoms. The van der Waals surface area contributed by atoms with E-state index in [2.05, 4.69) is 9.97 Å². The van der Waals surface area contributed by atoms with E-state index in [0.717, 1.165) is 5.70 Å². The van der Waals surface area contributed by atoms with E-state index in [-0.39, 0.29) is 22.4 Å². The molecule has 2 aromatic carbocycles. The van der Waals surface area contributed by atoms with E-state index in [1.807, 2.05) is 40.4 Å². The zero-order valence-corrected chi connectivity index (χ0v) is 19.1. The summed E-state index contributed by atoms with van der Waals surface area (Å²) in [5.41, 5.74) is 1.71. The highest BCUT2D eigenvalue weighted by molar-refractivity contribution is 5.68. The topological polar surface area (TPSA) is 116 Å². The van der Waals surface area contributed by atoms with Gasteiger partial charge in [0.15, 0.2) is 10.9 Å². The van der Waals surface area contributed by atoms with Crippen molar-refractivity contribution >= 4 is 23.0 Å². The second-order valence-corrected chi connectivity index (χ2v) is 8.10. The summed E-state index contributed by atoms with van der Waals surface area (Å²) in [5.74, 6) is 1.18. The quantitative estimate of drug-likeness (QED) is 0.328. The van der Waals surface area contributed by atoms with Crippen LogP contribution in [0.5, 0.6) is 11.5 Å². The van der Waals surface area contributed by atoms with Crippen LogP contribution in [0.4, 0.5) is 23.0 Å². The maximum atomic E-state index is 12.2. The van der Waals surface area contributed by atoms with Gasteiger partial charge >= 0.3 is 0 Å². The molecule has 4 aromatic rings. The molecule has 5 rings (SSSR count). The van der Waals surface area contributed by atoms with Gasteiger partial charge in [0.2, 0.25) is 0 Å². The minimum absolute atomic E-state index is 0.0794. The highest BCUT2D eigenvalue weighted by atomic mass is 16.3. The number of nitrogens with one attached hydrogen (secondary N) is 2. The first-order valence-corrected chi connectivity index (χ1v) is 11.2. The van der Waals surface area contributed by atoms with E-state index >= 15 is 0 Å². The molecule has 9 heteroatoms. The Kier molecular flexibility index (Phi) is 6.02. The summed E-state index contributed by atoms with van der Waals surface area (Å²) in [4.78, 5) is 32.4. The number of hydrogen-bond donors (Lipinski definition) is 4. The summed E-state index contributed by atoms with van der Waals surface area (Å²) >= 11 is 0. The Labute approximate surface area is 206 Å². The van der Waals surface area contributed by atoms with E-state index in [0.29, 0.717) is 29.6 Å². The first-order valence-electron chi connectivity index (χ1n) is 11.2. The zero-order chi connectivity index (χ0) is 25.1. The molecule has 0 unspecified atom stereocenters. The Morgan fingerprint density at radius 2 is 1.36 bits per heavy atom. The van der Waals surface area contributed by atoms with Crippen LogP contribution >= 0.6 is 0 Å². The van der Waals surface area contributed by atoms with E-state index in [9.17, 15) is 19.8 Å². The highest BCUT2D eigenvalue weighted by Gasteiger charge is 2.24. The number of H-pyrrole nitrogens is 2. The standard InChI is InChI=1S/C27H23N5O4/c33-22-7-1-4-19(14-22)31(26-16-24(35)9-11-28-26)21-6-3-13-30(18-21)32(20-5-2-8-23(34)15-20)27-17-25(36)10-12-29-27/h1-17,33-34H,18H2,(H,28,35)(H,29,36). The number of hydrogen-bond acceptors (Lipinski definition) is 7. The Hall–Kier alpha value is -5.18. The lowest BCUT2D eigenvalue weighted by atomic mass is 10.2. The van der Waals surface area contributed by atoms with Crippen LogP contribution in [0.25, 0.3) is 0 Å². The van der Waals surface area contributed by atoms with Gasteiger partial charge in [0.25, 0.3) is 0 Å². The second-order valence-electron chi connectivity index (χ2n) is 8.10. The molecule has 4 N–H and O–H groups in total. The zero-order valence-electron chi connectivity index (χ0n) is 19.1. The molecule has 0 fully saturated rings. The minimum Gasteiger partial charge on any atom is -0.508 e. The van der Waals surface area contributed by atoms with Crippen LogP contribution in [0.2, 0.25) is 0 Å². The summed E-state index contributed by atoms with van der Waals surface area (Å²) in [6.45, 7) is 0.315. The number of benzene rings is 2. The fraction of sp³-hybridized carbons (Fsp3) is 0.0370. The largest absolute Gasteiger partial charge is 0.508 e. The predicted molar refractivity (Wildman–Crippen MR) is 139 cm³/mol. The van der Waals surface area contributed by atoms with Crippen molar-refractivity contribution in [2.75, 3.05) is 16.5 Å². The molecule has 0 atom stereocenters. The fourth-order valence-corrected chi connectivity index (χ4v) is 4.07. The average molecular weight is 482 g/mol. The number of phenolic OH excluding ortho intramolecular Hbond substituents is 2. The van der Waals surface area contributed by atoms with Crippen molar-refractivity contribution < 1.29 is 10.2 Å². The third-order valence-electron chi connectivity index (χ3n) is 5.56. The van der Waals surface area contributed by atoms with Crippen molar-refractivity contribution in [1.29, 1.82) is 0 Å². The van der Waals surface area contributed by atoms with E-state index in [1.54, 1.807) is 53.8 Å². The number of rotatable bonds is 6. The normalized spacial score (nSPS) is 12.8.